The molecular weight excluding hydrogens is 472 g/mol. The number of fused-ring (bicyclic) bond motifs is 3. The summed E-state index contributed by atoms with van der Waals surface area (Å²) < 4.78 is 0. The first-order chi connectivity index (χ1) is 17.9. The summed E-state index contributed by atoms with van der Waals surface area (Å²) in [6.07, 6.45) is 2.69. The minimum atomic E-state index is -1.08. The first-order valence-electron chi connectivity index (χ1n) is 12.7. The fraction of sp³-hybridized carbons (Fsp3) is 0.393. The molecule has 4 rings (SSSR count). The highest BCUT2D eigenvalue weighted by Crippen LogP contribution is 2.31. The van der Waals surface area contributed by atoms with Gasteiger partial charge in [0.1, 0.15) is 12.1 Å². The van der Waals surface area contributed by atoms with E-state index < -0.39 is 36.0 Å². The van der Waals surface area contributed by atoms with E-state index in [0.717, 1.165) is 27.7 Å². The molecule has 6 N–H and O–H groups in total. The summed E-state index contributed by atoms with van der Waals surface area (Å²) in [4.78, 5) is 42.9. The Hall–Kier alpha value is -3.69. The number of hydrogen-bond donors (Lipinski definition) is 5. The topological polar surface area (TPSA) is 149 Å². The van der Waals surface area contributed by atoms with Crippen molar-refractivity contribution in [1.82, 2.24) is 15.2 Å². The molecule has 9 heteroatoms. The highest BCUT2D eigenvalue weighted by atomic mass is 16.4. The number of rotatable bonds is 12. The molecule has 2 heterocycles. The van der Waals surface area contributed by atoms with Crippen LogP contribution in [0, 0.1) is 0 Å². The summed E-state index contributed by atoms with van der Waals surface area (Å²) in [7, 11) is 0. The number of nitrogens with one attached hydrogen (secondary N) is 2. The molecule has 0 saturated heterocycles. The highest BCUT2D eigenvalue weighted by molar-refractivity contribution is 5.91. The van der Waals surface area contributed by atoms with Gasteiger partial charge in [-0.25, -0.2) is 4.79 Å². The monoisotopic (exact) mass is 506 g/mol. The smallest absolute Gasteiger partial charge is 0.326 e. The number of benzene rings is 2. The van der Waals surface area contributed by atoms with Gasteiger partial charge in [-0.3, -0.25) is 14.9 Å². The van der Waals surface area contributed by atoms with Crippen LogP contribution in [0.4, 0.5) is 0 Å². The van der Waals surface area contributed by atoms with Gasteiger partial charge < -0.3 is 25.8 Å². The zero-order valence-electron chi connectivity index (χ0n) is 20.7. The summed E-state index contributed by atoms with van der Waals surface area (Å²) >= 11 is 0. The first kappa shape index (κ1) is 26.4. The lowest BCUT2D eigenvalue weighted by molar-refractivity contribution is -0.153. The Morgan fingerprint density at radius 1 is 1.00 bits per heavy atom. The van der Waals surface area contributed by atoms with E-state index >= 15 is 0 Å². The molecule has 2 aromatic carbocycles. The van der Waals surface area contributed by atoms with E-state index in [1.54, 1.807) is 0 Å². The number of carboxylic acids is 2. The number of para-hydroxylation sites is 1. The molecule has 0 spiro atoms. The van der Waals surface area contributed by atoms with Gasteiger partial charge in [0.25, 0.3) is 0 Å². The molecule has 0 saturated carbocycles. The van der Waals surface area contributed by atoms with Crippen LogP contribution in [-0.2, 0) is 33.8 Å². The lowest BCUT2D eigenvalue weighted by Gasteiger charge is -2.36. The van der Waals surface area contributed by atoms with Gasteiger partial charge in [-0.2, -0.15) is 0 Å². The number of nitrogens with two attached hydrogens (primary N) is 1. The van der Waals surface area contributed by atoms with Gasteiger partial charge in [-0.05, 0) is 49.4 Å². The molecular formula is C28H34N4O5. The standard InChI is InChI=1S/C28H34N4O5/c29-15-7-6-12-22(31-23(27(34)35)14-13-18-8-2-1-3-9-18)26(33)32-17-24-20(16-25(32)28(36)37)19-10-4-5-11-21(19)30-24/h1-5,8-11,22-23,25,30-31H,6-7,12-17,29H2,(H,34,35)(H,36,37)/t22-,23-,25-/m0/s1. The van der Waals surface area contributed by atoms with Crippen molar-refractivity contribution < 1.29 is 24.6 Å². The van der Waals surface area contributed by atoms with E-state index in [1.165, 1.54) is 4.90 Å². The molecule has 0 unspecified atom stereocenters. The van der Waals surface area contributed by atoms with Crippen molar-refractivity contribution in [3.63, 3.8) is 0 Å². The molecule has 9 nitrogen and oxygen atoms in total. The quantitative estimate of drug-likeness (QED) is 0.237. The molecule has 0 bridgehead atoms. The van der Waals surface area contributed by atoms with Gasteiger partial charge in [-0.1, -0.05) is 55.0 Å². The minimum absolute atomic E-state index is 0.122. The fourth-order valence-electron chi connectivity index (χ4n) is 5.11. The number of unbranched alkanes of at least 4 members (excludes halogenated alkanes) is 1. The van der Waals surface area contributed by atoms with Crippen molar-refractivity contribution in [3.05, 3.63) is 71.4 Å². The molecule has 0 aliphatic carbocycles. The molecule has 1 aromatic heterocycles. The summed E-state index contributed by atoms with van der Waals surface area (Å²) in [6.45, 7) is 0.577. The molecule has 37 heavy (non-hydrogen) atoms. The number of nitrogens with zero attached hydrogens (tertiary/aromatic N) is 1. The molecule has 0 radical (unpaired) electrons. The number of hydrogen-bond acceptors (Lipinski definition) is 5. The minimum Gasteiger partial charge on any atom is -0.480 e. The number of carboxylic acid groups (broad SMARTS) is 2. The molecule has 1 aliphatic heterocycles. The first-order valence-corrected chi connectivity index (χ1v) is 12.7. The predicted octanol–water partition coefficient (Wildman–Crippen LogP) is 2.68. The second-order valence-corrected chi connectivity index (χ2v) is 9.57. The summed E-state index contributed by atoms with van der Waals surface area (Å²) in [5.41, 5.74) is 9.28. The van der Waals surface area contributed by atoms with Crippen LogP contribution in [0.5, 0.6) is 0 Å². The van der Waals surface area contributed by atoms with E-state index in [2.05, 4.69) is 10.3 Å². The lowest BCUT2D eigenvalue weighted by atomic mass is 9.95. The number of aliphatic carboxylic acids is 2. The molecule has 196 valence electrons. The third kappa shape index (κ3) is 6.18. The van der Waals surface area contributed by atoms with Crippen LogP contribution < -0.4 is 11.1 Å². The molecule has 3 aromatic rings. The van der Waals surface area contributed by atoms with Gasteiger partial charge >= 0.3 is 11.9 Å². The second kappa shape index (κ2) is 12.0. The average molecular weight is 507 g/mol. The molecule has 3 atom stereocenters. The van der Waals surface area contributed by atoms with Crippen molar-refractivity contribution in [3.8, 4) is 0 Å². The van der Waals surface area contributed by atoms with Crippen molar-refractivity contribution in [2.45, 2.75) is 63.2 Å². The molecule has 1 aliphatic rings. The van der Waals surface area contributed by atoms with E-state index in [1.807, 2.05) is 54.6 Å². The summed E-state index contributed by atoms with van der Waals surface area (Å²) in [5, 5.41) is 24.0. The van der Waals surface area contributed by atoms with E-state index in [4.69, 9.17) is 5.73 Å². The van der Waals surface area contributed by atoms with Crippen LogP contribution in [-0.4, -0.2) is 62.6 Å². The van der Waals surface area contributed by atoms with Gasteiger partial charge in [0, 0.05) is 23.0 Å². The lowest BCUT2D eigenvalue weighted by Crippen LogP contribution is -2.57. The maximum atomic E-state index is 13.8. The highest BCUT2D eigenvalue weighted by Gasteiger charge is 2.39. The fourth-order valence-corrected chi connectivity index (χ4v) is 5.11. The number of aryl methyl sites for hydroxylation is 1. The van der Waals surface area contributed by atoms with Crippen LogP contribution in [0.1, 0.15) is 42.5 Å². The predicted molar refractivity (Wildman–Crippen MR) is 140 cm³/mol. The zero-order chi connectivity index (χ0) is 26.4. The van der Waals surface area contributed by atoms with Crippen LogP contribution in [0.3, 0.4) is 0 Å². The van der Waals surface area contributed by atoms with Crippen molar-refractivity contribution in [1.29, 1.82) is 0 Å². The van der Waals surface area contributed by atoms with Gasteiger partial charge in [0.2, 0.25) is 5.91 Å². The van der Waals surface area contributed by atoms with Crippen LogP contribution in [0.15, 0.2) is 54.6 Å². The third-order valence-corrected chi connectivity index (χ3v) is 7.08. The van der Waals surface area contributed by atoms with Crippen molar-refractivity contribution in [2.24, 2.45) is 5.73 Å². The number of amides is 1. The van der Waals surface area contributed by atoms with Crippen LogP contribution in [0.25, 0.3) is 10.9 Å². The maximum Gasteiger partial charge on any atom is 0.326 e. The maximum absolute atomic E-state index is 13.8. The average Bonchev–Trinajstić information content (AvgIpc) is 3.27. The zero-order valence-corrected chi connectivity index (χ0v) is 20.7. The number of carbonyl (C=O) groups excluding carboxylic acids is 1. The Labute approximate surface area is 215 Å². The number of carbonyl (C=O) groups is 3. The van der Waals surface area contributed by atoms with Crippen LogP contribution >= 0.6 is 0 Å². The second-order valence-electron chi connectivity index (χ2n) is 9.57. The van der Waals surface area contributed by atoms with Gasteiger partial charge in [0.05, 0.1) is 12.6 Å². The van der Waals surface area contributed by atoms with E-state index in [9.17, 15) is 24.6 Å². The van der Waals surface area contributed by atoms with E-state index in [0.29, 0.717) is 38.6 Å². The van der Waals surface area contributed by atoms with Crippen molar-refractivity contribution in [2.75, 3.05) is 6.54 Å². The van der Waals surface area contributed by atoms with E-state index in [-0.39, 0.29) is 13.0 Å². The SMILES string of the molecule is NCCCC[C@H](N[C@@H](CCc1ccccc1)C(=O)O)C(=O)N1Cc2[nH]c3ccccc3c2C[C@H]1C(=O)O. The third-order valence-electron chi connectivity index (χ3n) is 7.08. The summed E-state index contributed by atoms with van der Waals surface area (Å²) in [5.74, 6) is -2.53. The summed E-state index contributed by atoms with van der Waals surface area (Å²) in [6, 6.07) is 14.4. The Bertz CT molecular complexity index is 1240. The largest absolute Gasteiger partial charge is 0.480 e. The number of H-pyrrole nitrogens is 1. The Balaban J connectivity index is 1.56. The molecule has 1 amide bonds. The van der Waals surface area contributed by atoms with Crippen LogP contribution in [0.2, 0.25) is 0 Å². The van der Waals surface area contributed by atoms with Crippen molar-refractivity contribution >= 4 is 28.7 Å². The Morgan fingerprint density at radius 2 is 1.73 bits per heavy atom. The number of aromatic amines is 1. The van der Waals surface area contributed by atoms with Gasteiger partial charge in [-0.15, -0.1) is 0 Å². The Morgan fingerprint density at radius 3 is 2.43 bits per heavy atom. The Kier molecular flexibility index (Phi) is 8.58. The number of aromatic nitrogens is 1. The normalized spacial score (nSPS) is 16.8. The van der Waals surface area contributed by atoms with Gasteiger partial charge in [0.15, 0.2) is 0 Å². The molecule has 0 fully saturated rings.